The molecule has 3 nitrogen and oxygen atoms in total. The van der Waals surface area contributed by atoms with Crippen LogP contribution in [0, 0.1) is 0 Å². The molecule has 3 heteroatoms. The molecule has 0 aliphatic heterocycles. The van der Waals surface area contributed by atoms with E-state index in [4.69, 9.17) is 5.73 Å². The van der Waals surface area contributed by atoms with Crippen LogP contribution in [0.1, 0.15) is 49.7 Å². The second-order valence-corrected chi connectivity index (χ2v) is 3.64. The first-order valence-corrected chi connectivity index (χ1v) is 4.58. The van der Waals surface area contributed by atoms with E-state index in [2.05, 4.69) is 9.97 Å². The molecule has 1 aromatic rings. The molecule has 3 N–H and O–H groups in total. The van der Waals surface area contributed by atoms with Crippen molar-refractivity contribution in [3.8, 4) is 0 Å². The Morgan fingerprint density at radius 3 is 2.83 bits per heavy atom. The van der Waals surface area contributed by atoms with Gasteiger partial charge in [0.25, 0.3) is 0 Å². The fraction of sp³-hybridized carbons (Fsp3) is 0.667. The summed E-state index contributed by atoms with van der Waals surface area (Å²) in [4.78, 5) is 7.52. The highest BCUT2D eigenvalue weighted by Crippen LogP contribution is 2.35. The second kappa shape index (κ2) is 2.90. The summed E-state index contributed by atoms with van der Waals surface area (Å²) in [6.07, 6.45) is 5.90. The highest BCUT2D eigenvalue weighted by molar-refractivity contribution is 5.11. The van der Waals surface area contributed by atoms with Crippen molar-refractivity contribution in [3.63, 3.8) is 0 Å². The van der Waals surface area contributed by atoms with Crippen LogP contribution >= 0.6 is 0 Å². The molecular formula is C9H15N3. The maximum atomic E-state index is 5.69. The van der Waals surface area contributed by atoms with Gasteiger partial charge in [-0.05, 0) is 19.8 Å². The van der Waals surface area contributed by atoms with Gasteiger partial charge in [-0.15, -0.1) is 0 Å². The summed E-state index contributed by atoms with van der Waals surface area (Å²) in [5, 5.41) is 0. The Hall–Kier alpha value is -0.830. The van der Waals surface area contributed by atoms with E-state index < -0.39 is 0 Å². The van der Waals surface area contributed by atoms with Crippen molar-refractivity contribution in [2.24, 2.45) is 5.73 Å². The summed E-state index contributed by atoms with van der Waals surface area (Å²) in [6.45, 7) is 1.95. The van der Waals surface area contributed by atoms with Crippen molar-refractivity contribution in [1.82, 2.24) is 9.97 Å². The molecule has 1 aliphatic carbocycles. The van der Waals surface area contributed by atoms with E-state index >= 15 is 0 Å². The predicted molar refractivity (Wildman–Crippen MR) is 47.8 cm³/mol. The topological polar surface area (TPSA) is 54.7 Å². The third kappa shape index (κ3) is 1.25. The SMILES string of the molecule is CC(N)c1ncc(C2CCC2)[nH]1. The lowest BCUT2D eigenvalue weighted by atomic mass is 9.83. The number of nitrogens with two attached hydrogens (primary N) is 1. The average Bonchev–Trinajstić information content (AvgIpc) is 2.32. The molecule has 1 heterocycles. The molecule has 0 amide bonds. The van der Waals surface area contributed by atoms with Crippen LogP contribution in [-0.4, -0.2) is 9.97 Å². The number of nitrogens with one attached hydrogen (secondary N) is 1. The standard InChI is InChI=1S/C9H15N3/c1-6(10)9-11-5-8(12-9)7-3-2-4-7/h5-7H,2-4,10H2,1H3,(H,11,12). The van der Waals surface area contributed by atoms with Gasteiger partial charge in [0.2, 0.25) is 0 Å². The molecule has 2 rings (SSSR count). The molecule has 1 aliphatic rings. The van der Waals surface area contributed by atoms with Gasteiger partial charge in [0.15, 0.2) is 0 Å². The van der Waals surface area contributed by atoms with E-state index in [1.807, 2.05) is 13.1 Å². The maximum Gasteiger partial charge on any atom is 0.122 e. The zero-order chi connectivity index (χ0) is 8.55. The van der Waals surface area contributed by atoms with Gasteiger partial charge >= 0.3 is 0 Å². The largest absolute Gasteiger partial charge is 0.344 e. The van der Waals surface area contributed by atoms with Crippen molar-refractivity contribution in [2.45, 2.75) is 38.1 Å². The highest BCUT2D eigenvalue weighted by Gasteiger charge is 2.21. The molecule has 0 spiro atoms. The fourth-order valence-electron chi connectivity index (χ4n) is 1.51. The number of H-pyrrole nitrogens is 1. The van der Waals surface area contributed by atoms with E-state index in [1.165, 1.54) is 25.0 Å². The van der Waals surface area contributed by atoms with Gasteiger partial charge in [-0.2, -0.15) is 0 Å². The van der Waals surface area contributed by atoms with Crippen LogP contribution in [0.25, 0.3) is 0 Å². The molecule has 1 atom stereocenters. The zero-order valence-electron chi connectivity index (χ0n) is 7.38. The molecule has 0 radical (unpaired) electrons. The van der Waals surface area contributed by atoms with Gasteiger partial charge in [-0.3, -0.25) is 0 Å². The minimum atomic E-state index is 0.0267. The minimum absolute atomic E-state index is 0.0267. The minimum Gasteiger partial charge on any atom is -0.344 e. The molecule has 12 heavy (non-hydrogen) atoms. The average molecular weight is 165 g/mol. The quantitative estimate of drug-likeness (QED) is 0.700. The van der Waals surface area contributed by atoms with Crippen LogP contribution in [0.3, 0.4) is 0 Å². The van der Waals surface area contributed by atoms with Crippen LogP contribution in [0.4, 0.5) is 0 Å². The van der Waals surface area contributed by atoms with Gasteiger partial charge < -0.3 is 10.7 Å². The van der Waals surface area contributed by atoms with Crippen molar-refractivity contribution in [3.05, 3.63) is 17.7 Å². The lowest BCUT2D eigenvalue weighted by Crippen LogP contribution is -2.10. The summed E-state index contributed by atoms with van der Waals surface area (Å²) in [7, 11) is 0. The molecule has 1 aromatic heterocycles. The summed E-state index contributed by atoms with van der Waals surface area (Å²) in [5.74, 6) is 1.64. The van der Waals surface area contributed by atoms with Gasteiger partial charge in [0.05, 0.1) is 6.04 Å². The Morgan fingerprint density at radius 2 is 2.42 bits per heavy atom. The van der Waals surface area contributed by atoms with E-state index in [1.54, 1.807) is 0 Å². The summed E-state index contributed by atoms with van der Waals surface area (Å²) in [6, 6.07) is 0.0267. The third-order valence-electron chi connectivity index (χ3n) is 2.59. The molecule has 1 saturated carbocycles. The Balaban J connectivity index is 2.12. The first-order valence-electron chi connectivity index (χ1n) is 4.58. The normalized spacial score (nSPS) is 20.5. The molecule has 0 saturated heterocycles. The van der Waals surface area contributed by atoms with Crippen molar-refractivity contribution in [2.75, 3.05) is 0 Å². The Bertz CT molecular complexity index is 260. The van der Waals surface area contributed by atoms with Crippen LogP contribution in [-0.2, 0) is 0 Å². The maximum absolute atomic E-state index is 5.69. The number of rotatable bonds is 2. The van der Waals surface area contributed by atoms with Gasteiger partial charge in [-0.25, -0.2) is 4.98 Å². The molecule has 1 unspecified atom stereocenters. The Labute approximate surface area is 72.4 Å². The predicted octanol–water partition coefficient (Wildman–Crippen LogP) is 1.70. The van der Waals surface area contributed by atoms with Crippen molar-refractivity contribution >= 4 is 0 Å². The first kappa shape index (κ1) is 7.80. The molecular weight excluding hydrogens is 150 g/mol. The molecule has 66 valence electrons. The number of hydrogen-bond acceptors (Lipinski definition) is 2. The van der Waals surface area contributed by atoms with Crippen molar-refractivity contribution < 1.29 is 0 Å². The van der Waals surface area contributed by atoms with Gasteiger partial charge in [0.1, 0.15) is 5.82 Å². The number of aromatic nitrogens is 2. The highest BCUT2D eigenvalue weighted by atomic mass is 15.0. The summed E-state index contributed by atoms with van der Waals surface area (Å²) >= 11 is 0. The van der Waals surface area contributed by atoms with Gasteiger partial charge in [0, 0.05) is 17.8 Å². The van der Waals surface area contributed by atoms with E-state index in [0.29, 0.717) is 0 Å². The Kier molecular flexibility index (Phi) is 1.89. The fourth-order valence-corrected chi connectivity index (χ4v) is 1.51. The zero-order valence-corrected chi connectivity index (χ0v) is 7.38. The molecule has 0 aromatic carbocycles. The number of imidazole rings is 1. The second-order valence-electron chi connectivity index (χ2n) is 3.64. The Morgan fingerprint density at radius 1 is 1.67 bits per heavy atom. The van der Waals surface area contributed by atoms with Crippen LogP contribution in [0.2, 0.25) is 0 Å². The molecule has 1 fully saturated rings. The monoisotopic (exact) mass is 165 g/mol. The van der Waals surface area contributed by atoms with Crippen molar-refractivity contribution in [1.29, 1.82) is 0 Å². The van der Waals surface area contributed by atoms with E-state index in [-0.39, 0.29) is 6.04 Å². The van der Waals surface area contributed by atoms with Crippen LogP contribution in [0.5, 0.6) is 0 Å². The molecule has 0 bridgehead atoms. The van der Waals surface area contributed by atoms with Crippen LogP contribution < -0.4 is 5.73 Å². The number of aromatic amines is 1. The number of nitrogens with zero attached hydrogens (tertiary/aromatic N) is 1. The van der Waals surface area contributed by atoms with E-state index in [9.17, 15) is 0 Å². The lowest BCUT2D eigenvalue weighted by Gasteiger charge is -2.23. The third-order valence-corrected chi connectivity index (χ3v) is 2.59. The van der Waals surface area contributed by atoms with Gasteiger partial charge in [-0.1, -0.05) is 6.42 Å². The number of hydrogen-bond donors (Lipinski definition) is 2. The summed E-state index contributed by atoms with van der Waals surface area (Å²) < 4.78 is 0. The summed E-state index contributed by atoms with van der Waals surface area (Å²) in [5.41, 5.74) is 6.96. The smallest absolute Gasteiger partial charge is 0.122 e. The first-order chi connectivity index (χ1) is 5.77. The van der Waals surface area contributed by atoms with E-state index in [0.717, 1.165) is 11.7 Å². The van der Waals surface area contributed by atoms with Crippen LogP contribution in [0.15, 0.2) is 6.20 Å². The lowest BCUT2D eigenvalue weighted by molar-refractivity contribution is 0.411.